The van der Waals surface area contributed by atoms with E-state index < -0.39 is 0 Å². The Labute approximate surface area is 71.6 Å². The molecule has 0 amide bonds. The topological polar surface area (TPSA) is 24.9 Å². The number of alkyl halides is 1. The number of nitrogens with zero attached hydrogens (tertiary/aromatic N) is 1. The van der Waals surface area contributed by atoms with Crippen LogP contribution in [0.4, 0.5) is 5.82 Å². The van der Waals surface area contributed by atoms with Gasteiger partial charge in [-0.05, 0) is 19.1 Å². The SMILES string of the molecule is CC(Cl)CNc1ccccn1. The van der Waals surface area contributed by atoms with E-state index in [-0.39, 0.29) is 5.38 Å². The molecule has 1 atom stereocenters. The zero-order chi connectivity index (χ0) is 8.10. The highest BCUT2D eigenvalue weighted by Gasteiger charge is 1.94. The molecule has 0 saturated heterocycles. The van der Waals surface area contributed by atoms with Gasteiger partial charge in [0, 0.05) is 18.1 Å². The largest absolute Gasteiger partial charge is 0.369 e. The van der Waals surface area contributed by atoms with Gasteiger partial charge in [-0.15, -0.1) is 11.6 Å². The van der Waals surface area contributed by atoms with Gasteiger partial charge in [-0.1, -0.05) is 6.07 Å². The summed E-state index contributed by atoms with van der Waals surface area (Å²) in [5, 5.41) is 3.24. The Morgan fingerprint density at radius 3 is 3.00 bits per heavy atom. The number of aromatic nitrogens is 1. The molecular formula is C8H11ClN2. The van der Waals surface area contributed by atoms with Crippen LogP contribution >= 0.6 is 11.6 Å². The Kier molecular flexibility index (Phi) is 3.17. The summed E-state index contributed by atoms with van der Waals surface area (Å²) in [6.45, 7) is 2.69. The summed E-state index contributed by atoms with van der Waals surface area (Å²) >= 11 is 5.74. The number of nitrogens with one attached hydrogen (secondary N) is 1. The summed E-state index contributed by atoms with van der Waals surface area (Å²) in [5.74, 6) is 0.875. The molecule has 0 radical (unpaired) electrons. The molecule has 0 aliphatic carbocycles. The quantitative estimate of drug-likeness (QED) is 0.703. The minimum atomic E-state index is 0.136. The fourth-order valence-electron chi connectivity index (χ4n) is 0.713. The second-order valence-electron chi connectivity index (χ2n) is 2.38. The lowest BCUT2D eigenvalue weighted by Crippen LogP contribution is -2.10. The molecule has 60 valence electrons. The van der Waals surface area contributed by atoms with Crippen molar-refractivity contribution in [3.63, 3.8) is 0 Å². The van der Waals surface area contributed by atoms with Crippen LogP contribution in [0, 0.1) is 0 Å². The number of hydrogen-bond acceptors (Lipinski definition) is 2. The number of hydrogen-bond donors (Lipinski definition) is 1. The van der Waals surface area contributed by atoms with Crippen LogP contribution < -0.4 is 5.32 Å². The summed E-state index contributed by atoms with van der Waals surface area (Å²) in [6, 6.07) is 5.74. The predicted octanol–water partition coefficient (Wildman–Crippen LogP) is 2.12. The van der Waals surface area contributed by atoms with E-state index in [1.807, 2.05) is 25.1 Å². The van der Waals surface area contributed by atoms with E-state index in [4.69, 9.17) is 11.6 Å². The van der Waals surface area contributed by atoms with Gasteiger partial charge in [0.15, 0.2) is 0 Å². The van der Waals surface area contributed by atoms with Crippen molar-refractivity contribution >= 4 is 17.4 Å². The lowest BCUT2D eigenvalue weighted by atomic mass is 10.4. The number of rotatable bonds is 3. The van der Waals surface area contributed by atoms with Gasteiger partial charge in [0.05, 0.1) is 0 Å². The first-order chi connectivity index (χ1) is 5.29. The molecule has 0 aliphatic heterocycles. The van der Waals surface area contributed by atoms with E-state index in [0.29, 0.717) is 0 Å². The van der Waals surface area contributed by atoms with Crippen LogP contribution in [0.3, 0.4) is 0 Å². The van der Waals surface area contributed by atoms with Crippen LogP contribution in [0.15, 0.2) is 24.4 Å². The Morgan fingerprint density at radius 2 is 2.45 bits per heavy atom. The predicted molar refractivity (Wildman–Crippen MR) is 48.0 cm³/mol. The maximum absolute atomic E-state index is 5.74. The van der Waals surface area contributed by atoms with E-state index in [1.165, 1.54) is 0 Å². The van der Waals surface area contributed by atoms with Crippen LogP contribution in [0.2, 0.25) is 0 Å². The minimum Gasteiger partial charge on any atom is -0.369 e. The summed E-state index contributed by atoms with van der Waals surface area (Å²) < 4.78 is 0. The number of halogens is 1. The van der Waals surface area contributed by atoms with Crippen molar-refractivity contribution in [2.45, 2.75) is 12.3 Å². The molecule has 1 aromatic rings. The normalized spacial score (nSPS) is 12.5. The fourth-order valence-corrected chi connectivity index (χ4v) is 0.790. The standard InChI is InChI=1S/C8H11ClN2/c1-7(9)6-11-8-4-2-3-5-10-8/h2-5,7H,6H2,1H3,(H,10,11). The van der Waals surface area contributed by atoms with Crippen molar-refractivity contribution in [2.75, 3.05) is 11.9 Å². The van der Waals surface area contributed by atoms with Crippen LogP contribution in [-0.4, -0.2) is 16.9 Å². The summed E-state index contributed by atoms with van der Waals surface area (Å²) in [6.07, 6.45) is 1.75. The first-order valence-corrected chi connectivity index (χ1v) is 4.01. The monoisotopic (exact) mass is 170 g/mol. The Balaban J connectivity index is 2.39. The smallest absolute Gasteiger partial charge is 0.125 e. The average molecular weight is 171 g/mol. The molecule has 1 heterocycles. The summed E-state index contributed by atoms with van der Waals surface area (Å²) in [7, 11) is 0. The molecule has 2 nitrogen and oxygen atoms in total. The lowest BCUT2D eigenvalue weighted by Gasteiger charge is -2.05. The molecule has 0 bridgehead atoms. The lowest BCUT2D eigenvalue weighted by molar-refractivity contribution is 0.978. The Morgan fingerprint density at radius 1 is 1.64 bits per heavy atom. The van der Waals surface area contributed by atoms with Crippen LogP contribution in [0.1, 0.15) is 6.92 Å². The molecule has 0 saturated carbocycles. The van der Waals surface area contributed by atoms with Crippen molar-refractivity contribution in [3.8, 4) is 0 Å². The molecule has 1 aromatic heterocycles. The van der Waals surface area contributed by atoms with Gasteiger partial charge in [-0.2, -0.15) is 0 Å². The van der Waals surface area contributed by atoms with Crippen molar-refractivity contribution in [2.24, 2.45) is 0 Å². The van der Waals surface area contributed by atoms with Crippen LogP contribution in [-0.2, 0) is 0 Å². The fraction of sp³-hybridized carbons (Fsp3) is 0.375. The molecule has 11 heavy (non-hydrogen) atoms. The van der Waals surface area contributed by atoms with E-state index in [2.05, 4.69) is 10.3 Å². The molecular weight excluding hydrogens is 160 g/mol. The Bertz CT molecular complexity index is 199. The maximum atomic E-state index is 5.74. The van der Waals surface area contributed by atoms with Gasteiger partial charge in [-0.25, -0.2) is 4.98 Å². The molecule has 1 N–H and O–H groups in total. The summed E-state index contributed by atoms with van der Waals surface area (Å²) in [4.78, 5) is 4.08. The van der Waals surface area contributed by atoms with Gasteiger partial charge < -0.3 is 5.32 Å². The second-order valence-corrected chi connectivity index (χ2v) is 3.12. The molecule has 0 fully saturated rings. The molecule has 0 spiro atoms. The van der Waals surface area contributed by atoms with Gasteiger partial charge in [0.1, 0.15) is 5.82 Å². The summed E-state index contributed by atoms with van der Waals surface area (Å²) in [5.41, 5.74) is 0. The van der Waals surface area contributed by atoms with Crippen LogP contribution in [0.5, 0.6) is 0 Å². The van der Waals surface area contributed by atoms with E-state index >= 15 is 0 Å². The first-order valence-electron chi connectivity index (χ1n) is 3.58. The third kappa shape index (κ3) is 3.23. The molecule has 1 rings (SSSR count). The van der Waals surface area contributed by atoms with Gasteiger partial charge in [0.25, 0.3) is 0 Å². The third-order valence-corrected chi connectivity index (χ3v) is 1.38. The molecule has 0 aromatic carbocycles. The zero-order valence-electron chi connectivity index (χ0n) is 6.42. The highest BCUT2D eigenvalue weighted by atomic mass is 35.5. The van der Waals surface area contributed by atoms with Gasteiger partial charge >= 0.3 is 0 Å². The van der Waals surface area contributed by atoms with Crippen molar-refractivity contribution < 1.29 is 0 Å². The van der Waals surface area contributed by atoms with E-state index in [9.17, 15) is 0 Å². The van der Waals surface area contributed by atoms with Gasteiger partial charge in [0.2, 0.25) is 0 Å². The third-order valence-electron chi connectivity index (χ3n) is 1.23. The van der Waals surface area contributed by atoms with E-state index in [0.717, 1.165) is 12.4 Å². The second kappa shape index (κ2) is 4.19. The average Bonchev–Trinajstić information content (AvgIpc) is 2.03. The highest BCUT2D eigenvalue weighted by molar-refractivity contribution is 6.20. The van der Waals surface area contributed by atoms with E-state index in [1.54, 1.807) is 6.20 Å². The van der Waals surface area contributed by atoms with Gasteiger partial charge in [-0.3, -0.25) is 0 Å². The van der Waals surface area contributed by atoms with Crippen LogP contribution in [0.25, 0.3) is 0 Å². The minimum absolute atomic E-state index is 0.136. The molecule has 0 aliphatic rings. The Hall–Kier alpha value is -0.760. The highest BCUT2D eigenvalue weighted by Crippen LogP contribution is 2.01. The number of pyridine rings is 1. The zero-order valence-corrected chi connectivity index (χ0v) is 7.17. The number of anilines is 1. The maximum Gasteiger partial charge on any atom is 0.125 e. The molecule has 3 heteroatoms. The van der Waals surface area contributed by atoms with Crippen molar-refractivity contribution in [1.82, 2.24) is 4.98 Å². The first kappa shape index (κ1) is 8.34. The van der Waals surface area contributed by atoms with Crippen molar-refractivity contribution in [1.29, 1.82) is 0 Å². The van der Waals surface area contributed by atoms with Crippen molar-refractivity contribution in [3.05, 3.63) is 24.4 Å². The molecule has 1 unspecified atom stereocenters.